The van der Waals surface area contributed by atoms with E-state index in [0.717, 1.165) is 19.5 Å². The molecule has 0 unspecified atom stereocenters. The first-order valence-electron chi connectivity index (χ1n) is 5.25. The molecule has 1 aliphatic rings. The van der Waals surface area contributed by atoms with E-state index < -0.39 is 10.8 Å². The van der Waals surface area contributed by atoms with Crippen molar-refractivity contribution in [3.8, 4) is 6.07 Å². The Kier molecular flexibility index (Phi) is 3.65. The lowest BCUT2D eigenvalue weighted by Gasteiger charge is -2.07. The Morgan fingerprint density at radius 1 is 1.69 bits per heavy atom. The molecule has 5 heteroatoms. The number of nitriles is 1. The van der Waals surface area contributed by atoms with Crippen molar-refractivity contribution in [2.75, 3.05) is 18.8 Å². The van der Waals surface area contributed by atoms with Gasteiger partial charge in [0.25, 0.3) is 0 Å². The predicted octanol–water partition coefficient (Wildman–Crippen LogP) is 0.670. The van der Waals surface area contributed by atoms with E-state index in [0.29, 0.717) is 22.3 Å². The zero-order valence-electron chi connectivity index (χ0n) is 8.85. The van der Waals surface area contributed by atoms with Crippen LogP contribution in [0.25, 0.3) is 0 Å². The van der Waals surface area contributed by atoms with Gasteiger partial charge < -0.3 is 5.32 Å². The number of nitrogens with zero attached hydrogens (tertiary/aromatic N) is 2. The quantitative estimate of drug-likeness (QED) is 0.836. The molecule has 16 heavy (non-hydrogen) atoms. The van der Waals surface area contributed by atoms with Crippen molar-refractivity contribution in [2.24, 2.45) is 5.92 Å². The molecule has 1 aliphatic heterocycles. The van der Waals surface area contributed by atoms with Crippen LogP contribution in [0.4, 0.5) is 0 Å². The number of hydrogen-bond acceptors (Lipinski definition) is 4. The highest BCUT2D eigenvalue weighted by molar-refractivity contribution is 7.84. The fraction of sp³-hybridized carbons (Fsp3) is 0.455. The molecular formula is C11H13N3OS. The highest BCUT2D eigenvalue weighted by atomic mass is 32.2. The minimum atomic E-state index is -1.09. The third-order valence-corrected chi connectivity index (χ3v) is 4.11. The van der Waals surface area contributed by atoms with Crippen LogP contribution in [0.15, 0.2) is 23.4 Å². The SMILES string of the molecule is N#Cc1ccnc([S@@](=O)C[C@H]2CCNC2)c1. The lowest BCUT2D eigenvalue weighted by atomic mass is 10.2. The first kappa shape index (κ1) is 11.2. The molecule has 0 aliphatic carbocycles. The summed E-state index contributed by atoms with van der Waals surface area (Å²) >= 11 is 0. The summed E-state index contributed by atoms with van der Waals surface area (Å²) in [5, 5.41) is 12.5. The normalized spacial score (nSPS) is 21.6. The highest BCUT2D eigenvalue weighted by Gasteiger charge is 2.18. The minimum Gasteiger partial charge on any atom is -0.316 e. The number of pyridine rings is 1. The molecule has 2 rings (SSSR count). The Labute approximate surface area is 97.2 Å². The zero-order valence-corrected chi connectivity index (χ0v) is 9.67. The van der Waals surface area contributed by atoms with Crippen LogP contribution < -0.4 is 5.32 Å². The molecule has 1 aromatic heterocycles. The average Bonchev–Trinajstić information content (AvgIpc) is 2.82. The minimum absolute atomic E-state index is 0.466. The molecule has 0 bridgehead atoms. The van der Waals surface area contributed by atoms with Crippen LogP contribution in [0.1, 0.15) is 12.0 Å². The summed E-state index contributed by atoms with van der Waals surface area (Å²) in [5.41, 5.74) is 0.517. The largest absolute Gasteiger partial charge is 0.316 e. The van der Waals surface area contributed by atoms with Gasteiger partial charge in [0.15, 0.2) is 0 Å². The van der Waals surface area contributed by atoms with E-state index in [9.17, 15) is 4.21 Å². The van der Waals surface area contributed by atoms with E-state index in [2.05, 4.69) is 10.3 Å². The molecule has 1 fully saturated rings. The second-order valence-corrected chi connectivity index (χ2v) is 5.31. The lowest BCUT2D eigenvalue weighted by molar-refractivity contribution is 0.631. The molecule has 4 nitrogen and oxygen atoms in total. The van der Waals surface area contributed by atoms with Crippen LogP contribution >= 0.6 is 0 Å². The molecule has 1 aromatic rings. The molecule has 0 spiro atoms. The molecule has 0 radical (unpaired) electrons. The van der Waals surface area contributed by atoms with E-state index in [1.165, 1.54) is 0 Å². The molecular weight excluding hydrogens is 222 g/mol. The Morgan fingerprint density at radius 3 is 3.25 bits per heavy atom. The van der Waals surface area contributed by atoms with Crippen LogP contribution in [0.5, 0.6) is 0 Å². The van der Waals surface area contributed by atoms with Crippen LogP contribution in [-0.4, -0.2) is 28.0 Å². The van der Waals surface area contributed by atoms with E-state index in [1.54, 1.807) is 18.3 Å². The van der Waals surface area contributed by atoms with Crippen LogP contribution in [-0.2, 0) is 10.8 Å². The average molecular weight is 235 g/mol. The maximum Gasteiger partial charge on any atom is 0.128 e. The van der Waals surface area contributed by atoms with Gasteiger partial charge in [0.1, 0.15) is 5.03 Å². The smallest absolute Gasteiger partial charge is 0.128 e. The van der Waals surface area contributed by atoms with Gasteiger partial charge >= 0.3 is 0 Å². The molecule has 2 atom stereocenters. The zero-order chi connectivity index (χ0) is 11.4. The van der Waals surface area contributed by atoms with E-state index in [4.69, 9.17) is 5.26 Å². The Bertz CT molecular complexity index is 435. The van der Waals surface area contributed by atoms with Gasteiger partial charge in [-0.2, -0.15) is 5.26 Å². The number of aromatic nitrogens is 1. The van der Waals surface area contributed by atoms with Crippen molar-refractivity contribution in [3.05, 3.63) is 23.9 Å². The fourth-order valence-electron chi connectivity index (χ4n) is 1.76. The van der Waals surface area contributed by atoms with Gasteiger partial charge in [-0.3, -0.25) is 4.21 Å². The Balaban J connectivity index is 2.05. The van der Waals surface area contributed by atoms with E-state index >= 15 is 0 Å². The van der Waals surface area contributed by atoms with Gasteiger partial charge in [0.2, 0.25) is 0 Å². The second-order valence-electron chi connectivity index (χ2n) is 3.87. The standard InChI is InChI=1S/C11H13N3OS/c12-6-9-2-4-14-11(5-9)16(15)8-10-1-3-13-7-10/h2,4-5,10,13H,1,3,7-8H2/t10-,16-/m0/s1. The lowest BCUT2D eigenvalue weighted by Crippen LogP contribution is -2.15. The van der Waals surface area contributed by atoms with Gasteiger partial charge in [0, 0.05) is 11.9 Å². The molecule has 1 saturated heterocycles. The number of nitrogens with one attached hydrogen (secondary N) is 1. The molecule has 1 N–H and O–H groups in total. The predicted molar refractivity (Wildman–Crippen MR) is 61.2 cm³/mol. The first-order chi connectivity index (χ1) is 7.79. The Morgan fingerprint density at radius 2 is 2.56 bits per heavy atom. The van der Waals surface area contributed by atoms with Gasteiger partial charge in [0.05, 0.1) is 22.4 Å². The summed E-state index contributed by atoms with van der Waals surface area (Å²) in [6.07, 6.45) is 2.61. The number of rotatable bonds is 3. The Hall–Kier alpha value is -1.25. The maximum absolute atomic E-state index is 12.0. The third-order valence-electron chi connectivity index (χ3n) is 2.65. The van der Waals surface area contributed by atoms with Crippen molar-refractivity contribution >= 4 is 10.8 Å². The highest BCUT2D eigenvalue weighted by Crippen LogP contribution is 2.13. The van der Waals surface area contributed by atoms with Crippen LogP contribution in [0.2, 0.25) is 0 Å². The summed E-state index contributed by atoms with van der Waals surface area (Å²) in [6, 6.07) is 5.26. The van der Waals surface area contributed by atoms with Crippen molar-refractivity contribution in [1.82, 2.24) is 10.3 Å². The molecule has 0 amide bonds. The van der Waals surface area contributed by atoms with Crippen LogP contribution in [0.3, 0.4) is 0 Å². The summed E-state index contributed by atoms with van der Waals surface area (Å²) in [6.45, 7) is 1.94. The number of hydrogen-bond donors (Lipinski definition) is 1. The maximum atomic E-state index is 12.0. The molecule has 0 aromatic carbocycles. The van der Waals surface area contributed by atoms with Gasteiger partial charge in [-0.1, -0.05) is 0 Å². The van der Waals surface area contributed by atoms with Gasteiger partial charge in [-0.15, -0.1) is 0 Å². The van der Waals surface area contributed by atoms with E-state index in [1.807, 2.05) is 6.07 Å². The summed E-state index contributed by atoms with van der Waals surface area (Å²) in [5.74, 6) is 1.10. The van der Waals surface area contributed by atoms with Crippen molar-refractivity contribution < 1.29 is 4.21 Å². The summed E-state index contributed by atoms with van der Waals surface area (Å²) in [7, 11) is -1.09. The molecule has 84 valence electrons. The summed E-state index contributed by atoms with van der Waals surface area (Å²) < 4.78 is 12.0. The molecule has 2 heterocycles. The topological polar surface area (TPSA) is 65.8 Å². The van der Waals surface area contributed by atoms with Crippen molar-refractivity contribution in [1.29, 1.82) is 5.26 Å². The van der Waals surface area contributed by atoms with Crippen molar-refractivity contribution in [2.45, 2.75) is 11.4 Å². The van der Waals surface area contributed by atoms with Crippen molar-refractivity contribution in [3.63, 3.8) is 0 Å². The van der Waals surface area contributed by atoms with Gasteiger partial charge in [-0.25, -0.2) is 4.98 Å². The van der Waals surface area contributed by atoms with Crippen LogP contribution in [0, 0.1) is 17.2 Å². The monoisotopic (exact) mass is 235 g/mol. The second kappa shape index (κ2) is 5.19. The third kappa shape index (κ3) is 2.65. The van der Waals surface area contributed by atoms with Gasteiger partial charge in [-0.05, 0) is 37.6 Å². The fourth-order valence-corrected chi connectivity index (χ4v) is 3.08. The van der Waals surface area contributed by atoms with E-state index in [-0.39, 0.29) is 0 Å². The molecule has 0 saturated carbocycles. The summed E-state index contributed by atoms with van der Waals surface area (Å²) in [4.78, 5) is 4.06. The first-order valence-corrected chi connectivity index (χ1v) is 6.57.